The minimum Gasteiger partial charge on any atom is -0.481 e. The van der Waals surface area contributed by atoms with Gasteiger partial charge >= 0.3 is 6.03 Å². The Bertz CT molecular complexity index is 602. The van der Waals surface area contributed by atoms with Gasteiger partial charge in [-0.1, -0.05) is 24.3 Å². The summed E-state index contributed by atoms with van der Waals surface area (Å²) in [4.78, 5) is 15.7. The average molecular weight is 289 g/mol. The van der Waals surface area contributed by atoms with Gasteiger partial charge in [-0.2, -0.15) is 0 Å². The number of carbonyl (C=O) groups excluding carboxylic acids is 1. The molecular formula is C15H16FN3O2. The average Bonchev–Trinajstić information content (AvgIpc) is 2.52. The molecule has 1 aromatic heterocycles. The molecule has 21 heavy (non-hydrogen) atoms. The first kappa shape index (κ1) is 14.8. The Kier molecular flexibility index (Phi) is 5.09. The van der Waals surface area contributed by atoms with Crippen LogP contribution in [0.1, 0.15) is 11.1 Å². The molecule has 0 aliphatic carbocycles. The van der Waals surface area contributed by atoms with Crippen LogP contribution in [0.4, 0.5) is 9.18 Å². The number of benzene rings is 1. The number of pyridine rings is 1. The molecule has 0 spiro atoms. The summed E-state index contributed by atoms with van der Waals surface area (Å²) in [6, 6.07) is 9.48. The third-order valence-corrected chi connectivity index (χ3v) is 2.86. The van der Waals surface area contributed by atoms with Gasteiger partial charge in [0.15, 0.2) is 0 Å². The van der Waals surface area contributed by atoms with E-state index in [4.69, 9.17) is 4.74 Å². The Morgan fingerprint density at radius 2 is 1.95 bits per heavy atom. The number of nitrogens with zero attached hydrogens (tertiary/aromatic N) is 1. The zero-order chi connectivity index (χ0) is 15.1. The van der Waals surface area contributed by atoms with Crippen LogP contribution in [-0.4, -0.2) is 18.1 Å². The molecule has 6 heteroatoms. The van der Waals surface area contributed by atoms with E-state index in [9.17, 15) is 9.18 Å². The molecule has 0 unspecified atom stereocenters. The van der Waals surface area contributed by atoms with Crippen LogP contribution in [0.25, 0.3) is 0 Å². The molecule has 0 fully saturated rings. The number of methoxy groups -OCH3 is 1. The number of carbonyl (C=O) groups is 1. The number of ether oxygens (including phenoxy) is 1. The number of amides is 2. The molecule has 0 saturated carbocycles. The van der Waals surface area contributed by atoms with E-state index >= 15 is 0 Å². The van der Waals surface area contributed by atoms with Gasteiger partial charge < -0.3 is 15.4 Å². The summed E-state index contributed by atoms with van der Waals surface area (Å²) in [6.45, 7) is 0.472. The number of rotatable bonds is 5. The fraction of sp³-hybridized carbons (Fsp3) is 0.200. The van der Waals surface area contributed by atoms with E-state index in [0.717, 1.165) is 5.56 Å². The van der Waals surface area contributed by atoms with Crippen LogP contribution in [0.2, 0.25) is 0 Å². The second kappa shape index (κ2) is 7.23. The molecule has 5 nitrogen and oxygen atoms in total. The summed E-state index contributed by atoms with van der Waals surface area (Å²) < 4.78 is 18.3. The topological polar surface area (TPSA) is 63.2 Å². The number of urea groups is 1. The minimum absolute atomic E-state index is 0.138. The van der Waals surface area contributed by atoms with E-state index in [-0.39, 0.29) is 18.4 Å². The summed E-state index contributed by atoms with van der Waals surface area (Å²) in [7, 11) is 1.54. The van der Waals surface area contributed by atoms with Gasteiger partial charge in [0.2, 0.25) is 5.88 Å². The molecule has 2 aromatic rings. The Balaban J connectivity index is 1.78. The largest absolute Gasteiger partial charge is 0.481 e. The molecule has 2 N–H and O–H groups in total. The molecule has 0 aliphatic heterocycles. The smallest absolute Gasteiger partial charge is 0.315 e. The highest BCUT2D eigenvalue weighted by molar-refractivity contribution is 5.73. The standard InChI is InChI=1S/C15H16FN3O2/c1-21-14-7-6-11(8-17-14)9-18-15(20)19-10-12-4-2-3-5-13(12)16/h2-8H,9-10H2,1H3,(H2,18,19,20). The number of halogens is 1. The first-order valence-electron chi connectivity index (χ1n) is 6.43. The van der Waals surface area contributed by atoms with Gasteiger partial charge in [0.25, 0.3) is 0 Å². The van der Waals surface area contributed by atoms with Crippen molar-refractivity contribution in [3.63, 3.8) is 0 Å². The van der Waals surface area contributed by atoms with Crippen molar-refractivity contribution in [3.8, 4) is 5.88 Å². The van der Waals surface area contributed by atoms with Gasteiger partial charge in [-0.25, -0.2) is 14.2 Å². The van der Waals surface area contributed by atoms with Crippen molar-refractivity contribution in [2.24, 2.45) is 0 Å². The van der Waals surface area contributed by atoms with Gasteiger partial charge in [-0.3, -0.25) is 0 Å². The summed E-state index contributed by atoms with van der Waals surface area (Å²) in [6.07, 6.45) is 1.62. The molecule has 2 amide bonds. The van der Waals surface area contributed by atoms with Crippen LogP contribution in [0.3, 0.4) is 0 Å². The highest BCUT2D eigenvalue weighted by Crippen LogP contribution is 2.07. The van der Waals surface area contributed by atoms with Gasteiger partial charge in [-0.05, 0) is 11.6 Å². The molecule has 0 saturated heterocycles. The predicted octanol–water partition coefficient (Wildman–Crippen LogP) is 2.23. The van der Waals surface area contributed by atoms with E-state index < -0.39 is 0 Å². The Labute approximate surface area is 122 Å². The molecule has 110 valence electrons. The zero-order valence-corrected chi connectivity index (χ0v) is 11.6. The van der Waals surface area contributed by atoms with Crippen LogP contribution >= 0.6 is 0 Å². The lowest BCUT2D eigenvalue weighted by Crippen LogP contribution is -2.34. The lowest BCUT2D eigenvalue weighted by molar-refractivity contribution is 0.240. The van der Waals surface area contributed by atoms with Crippen molar-refractivity contribution >= 4 is 6.03 Å². The van der Waals surface area contributed by atoms with E-state index in [1.165, 1.54) is 13.2 Å². The normalized spacial score (nSPS) is 10.0. The van der Waals surface area contributed by atoms with Crippen molar-refractivity contribution in [2.75, 3.05) is 7.11 Å². The van der Waals surface area contributed by atoms with Crippen molar-refractivity contribution in [3.05, 3.63) is 59.5 Å². The minimum atomic E-state index is -0.367. The molecule has 0 atom stereocenters. The summed E-state index contributed by atoms with van der Waals surface area (Å²) in [5, 5.41) is 5.27. The van der Waals surface area contributed by atoms with Crippen molar-refractivity contribution in [1.29, 1.82) is 0 Å². The molecule has 0 bridgehead atoms. The van der Waals surface area contributed by atoms with E-state index in [0.29, 0.717) is 18.0 Å². The zero-order valence-electron chi connectivity index (χ0n) is 11.6. The fourth-order valence-electron chi connectivity index (χ4n) is 1.70. The number of hydrogen-bond donors (Lipinski definition) is 2. The second-order valence-corrected chi connectivity index (χ2v) is 4.34. The molecule has 2 rings (SSSR count). The maximum Gasteiger partial charge on any atom is 0.315 e. The number of aromatic nitrogens is 1. The van der Waals surface area contributed by atoms with Crippen molar-refractivity contribution in [2.45, 2.75) is 13.1 Å². The van der Waals surface area contributed by atoms with Gasteiger partial charge in [0.05, 0.1) is 7.11 Å². The third-order valence-electron chi connectivity index (χ3n) is 2.86. The fourth-order valence-corrected chi connectivity index (χ4v) is 1.70. The van der Waals surface area contributed by atoms with E-state index in [2.05, 4.69) is 15.6 Å². The quantitative estimate of drug-likeness (QED) is 0.887. The number of nitrogens with one attached hydrogen (secondary N) is 2. The highest BCUT2D eigenvalue weighted by Gasteiger charge is 2.04. The first-order chi connectivity index (χ1) is 10.2. The van der Waals surface area contributed by atoms with Gasteiger partial charge in [0, 0.05) is 30.9 Å². The van der Waals surface area contributed by atoms with Gasteiger partial charge in [0.1, 0.15) is 5.82 Å². The Morgan fingerprint density at radius 3 is 2.62 bits per heavy atom. The van der Waals surface area contributed by atoms with Crippen LogP contribution in [0, 0.1) is 5.82 Å². The predicted molar refractivity (Wildman–Crippen MR) is 76.3 cm³/mol. The summed E-state index contributed by atoms with van der Waals surface area (Å²) >= 11 is 0. The lowest BCUT2D eigenvalue weighted by atomic mass is 10.2. The van der Waals surface area contributed by atoms with E-state index in [1.54, 1.807) is 30.5 Å². The van der Waals surface area contributed by atoms with Crippen molar-refractivity contribution in [1.82, 2.24) is 15.6 Å². The Hall–Kier alpha value is -2.63. The molecular weight excluding hydrogens is 273 g/mol. The summed E-state index contributed by atoms with van der Waals surface area (Å²) in [5.74, 6) is 0.180. The Morgan fingerprint density at radius 1 is 1.19 bits per heavy atom. The SMILES string of the molecule is COc1ccc(CNC(=O)NCc2ccccc2F)cn1. The second-order valence-electron chi connectivity index (χ2n) is 4.34. The molecule has 1 aromatic carbocycles. The van der Waals surface area contributed by atoms with Crippen LogP contribution in [0.15, 0.2) is 42.6 Å². The van der Waals surface area contributed by atoms with Crippen LogP contribution < -0.4 is 15.4 Å². The molecule has 0 radical (unpaired) electrons. The highest BCUT2D eigenvalue weighted by atomic mass is 19.1. The molecule has 0 aliphatic rings. The summed E-state index contributed by atoms with van der Waals surface area (Å²) in [5.41, 5.74) is 1.29. The lowest BCUT2D eigenvalue weighted by Gasteiger charge is -2.08. The maximum absolute atomic E-state index is 13.4. The van der Waals surface area contributed by atoms with Gasteiger partial charge in [-0.15, -0.1) is 0 Å². The maximum atomic E-state index is 13.4. The van der Waals surface area contributed by atoms with Crippen LogP contribution in [-0.2, 0) is 13.1 Å². The number of hydrogen-bond acceptors (Lipinski definition) is 3. The first-order valence-corrected chi connectivity index (χ1v) is 6.43. The van der Waals surface area contributed by atoms with Crippen molar-refractivity contribution < 1.29 is 13.9 Å². The van der Waals surface area contributed by atoms with E-state index in [1.807, 2.05) is 6.07 Å². The third kappa shape index (κ3) is 4.45. The molecule has 1 heterocycles. The van der Waals surface area contributed by atoms with Crippen LogP contribution in [0.5, 0.6) is 5.88 Å². The monoisotopic (exact) mass is 289 g/mol.